The fourth-order valence-corrected chi connectivity index (χ4v) is 3.76. The maximum absolute atomic E-state index is 5.44. The number of aromatic nitrogens is 4. The zero-order valence-corrected chi connectivity index (χ0v) is 16.0. The molecule has 0 bridgehead atoms. The van der Waals surface area contributed by atoms with Crippen molar-refractivity contribution >= 4 is 16.3 Å². The summed E-state index contributed by atoms with van der Waals surface area (Å²) in [5.74, 6) is 2.81. The predicted octanol–water partition coefficient (Wildman–Crippen LogP) is 3.47. The third kappa shape index (κ3) is 3.19. The zero-order valence-electron chi connectivity index (χ0n) is 15.2. The van der Waals surface area contributed by atoms with Gasteiger partial charge in [-0.05, 0) is 29.8 Å². The van der Waals surface area contributed by atoms with Crippen LogP contribution in [0.4, 0.5) is 0 Å². The van der Waals surface area contributed by atoms with Crippen molar-refractivity contribution < 1.29 is 14.2 Å². The van der Waals surface area contributed by atoms with E-state index in [0.717, 1.165) is 26.8 Å². The zero-order chi connectivity index (χ0) is 18.8. The van der Waals surface area contributed by atoms with Gasteiger partial charge in [0.05, 0.1) is 26.9 Å². The van der Waals surface area contributed by atoms with Gasteiger partial charge >= 0.3 is 0 Å². The summed E-state index contributed by atoms with van der Waals surface area (Å²) in [7, 11) is 4.89. The van der Waals surface area contributed by atoms with Gasteiger partial charge in [0.1, 0.15) is 10.8 Å². The van der Waals surface area contributed by atoms with Crippen LogP contribution in [0.15, 0.2) is 42.5 Å². The van der Waals surface area contributed by atoms with Gasteiger partial charge < -0.3 is 14.2 Å². The van der Waals surface area contributed by atoms with Crippen LogP contribution in [0, 0.1) is 0 Å². The molecule has 0 amide bonds. The quantitative estimate of drug-likeness (QED) is 0.509. The fourth-order valence-electron chi connectivity index (χ4n) is 2.89. The highest BCUT2D eigenvalue weighted by atomic mass is 32.1. The third-order valence-electron chi connectivity index (χ3n) is 4.18. The maximum Gasteiger partial charge on any atom is 0.234 e. The van der Waals surface area contributed by atoms with Crippen molar-refractivity contribution in [1.29, 1.82) is 0 Å². The number of para-hydroxylation sites is 1. The van der Waals surface area contributed by atoms with Gasteiger partial charge in [-0.15, -0.1) is 10.2 Å². The molecule has 0 aliphatic rings. The number of fused-ring (bicyclic) bond motifs is 1. The molecule has 8 heteroatoms. The average Bonchev–Trinajstić information content (AvgIpc) is 3.28. The van der Waals surface area contributed by atoms with Crippen LogP contribution in [0.3, 0.4) is 0 Å². The second-order valence-corrected chi connectivity index (χ2v) is 6.82. The second kappa shape index (κ2) is 7.24. The van der Waals surface area contributed by atoms with Crippen molar-refractivity contribution in [2.24, 2.45) is 0 Å². The lowest BCUT2D eigenvalue weighted by atomic mass is 10.1. The Hall–Kier alpha value is -3.13. The molecule has 0 fully saturated rings. The van der Waals surface area contributed by atoms with E-state index >= 15 is 0 Å². The van der Waals surface area contributed by atoms with Gasteiger partial charge in [-0.3, -0.25) is 0 Å². The number of hydrogen-bond donors (Lipinski definition) is 0. The standard InChI is InChI=1S/C19H18N4O3S/c1-24-14-7-5-4-6-13(14)18-20-21-19-23(18)22-17(27-19)11-12-8-9-15(25-2)16(10-12)26-3/h4-10H,11H2,1-3H3. The predicted molar refractivity (Wildman–Crippen MR) is 103 cm³/mol. The number of benzene rings is 2. The SMILES string of the molecule is COc1ccc(Cc2nn3c(-c4ccccc4OC)nnc3s2)cc1OC. The average molecular weight is 382 g/mol. The lowest BCUT2D eigenvalue weighted by Gasteiger charge is -2.08. The van der Waals surface area contributed by atoms with E-state index < -0.39 is 0 Å². The summed E-state index contributed by atoms with van der Waals surface area (Å²) >= 11 is 1.51. The molecule has 7 nitrogen and oxygen atoms in total. The van der Waals surface area contributed by atoms with E-state index in [0.29, 0.717) is 23.7 Å². The monoisotopic (exact) mass is 382 g/mol. The molecule has 2 aromatic carbocycles. The van der Waals surface area contributed by atoms with Crippen molar-refractivity contribution in [2.45, 2.75) is 6.42 Å². The number of rotatable bonds is 6. The first-order valence-corrected chi connectivity index (χ1v) is 9.10. The van der Waals surface area contributed by atoms with Crippen LogP contribution in [-0.4, -0.2) is 41.1 Å². The Bertz CT molecular complexity index is 1090. The Morgan fingerprint density at radius 1 is 0.889 bits per heavy atom. The summed E-state index contributed by atoms with van der Waals surface area (Å²) in [5, 5.41) is 14.2. The Morgan fingerprint density at radius 2 is 1.67 bits per heavy atom. The van der Waals surface area contributed by atoms with Crippen LogP contribution < -0.4 is 14.2 Å². The molecular formula is C19H18N4O3S. The molecule has 0 aliphatic carbocycles. The normalized spacial score (nSPS) is 10.9. The Labute approximate surface area is 160 Å². The maximum atomic E-state index is 5.44. The molecule has 0 saturated carbocycles. The molecule has 4 rings (SSSR count). The van der Waals surface area contributed by atoms with Crippen LogP contribution in [0.25, 0.3) is 16.3 Å². The minimum Gasteiger partial charge on any atom is -0.496 e. The molecule has 138 valence electrons. The van der Waals surface area contributed by atoms with Crippen LogP contribution in [-0.2, 0) is 6.42 Å². The lowest BCUT2D eigenvalue weighted by Crippen LogP contribution is -1.96. The fraction of sp³-hybridized carbons (Fsp3) is 0.211. The van der Waals surface area contributed by atoms with Crippen molar-refractivity contribution in [1.82, 2.24) is 19.8 Å². The molecule has 0 atom stereocenters. The molecule has 0 spiro atoms. The highest BCUT2D eigenvalue weighted by Gasteiger charge is 2.17. The Kier molecular flexibility index (Phi) is 4.64. The van der Waals surface area contributed by atoms with E-state index in [9.17, 15) is 0 Å². The highest BCUT2D eigenvalue weighted by Crippen LogP contribution is 2.31. The summed E-state index contributed by atoms with van der Waals surface area (Å²) in [6, 6.07) is 13.6. The first kappa shape index (κ1) is 17.3. The molecule has 0 saturated heterocycles. The smallest absolute Gasteiger partial charge is 0.234 e. The molecule has 27 heavy (non-hydrogen) atoms. The number of methoxy groups -OCH3 is 3. The van der Waals surface area contributed by atoms with E-state index in [1.807, 2.05) is 42.5 Å². The second-order valence-electron chi connectivity index (χ2n) is 5.78. The Morgan fingerprint density at radius 3 is 2.44 bits per heavy atom. The van der Waals surface area contributed by atoms with Gasteiger partial charge in [-0.1, -0.05) is 29.5 Å². The van der Waals surface area contributed by atoms with Gasteiger partial charge in [0, 0.05) is 6.42 Å². The van der Waals surface area contributed by atoms with Crippen molar-refractivity contribution in [3.8, 4) is 28.6 Å². The molecule has 4 aromatic rings. The van der Waals surface area contributed by atoms with Crippen LogP contribution >= 0.6 is 11.3 Å². The van der Waals surface area contributed by atoms with E-state index in [-0.39, 0.29) is 0 Å². The summed E-state index contributed by atoms with van der Waals surface area (Å²) in [6.07, 6.45) is 0.666. The summed E-state index contributed by atoms with van der Waals surface area (Å²) in [4.78, 5) is 0.742. The third-order valence-corrected chi connectivity index (χ3v) is 5.08. The van der Waals surface area contributed by atoms with Crippen LogP contribution in [0.1, 0.15) is 10.6 Å². The van der Waals surface area contributed by atoms with E-state index in [4.69, 9.17) is 19.3 Å². The van der Waals surface area contributed by atoms with Gasteiger partial charge in [-0.25, -0.2) is 0 Å². The Balaban J connectivity index is 1.68. The van der Waals surface area contributed by atoms with Crippen LogP contribution in [0.5, 0.6) is 17.2 Å². The molecule has 0 radical (unpaired) electrons. The minimum absolute atomic E-state index is 0.664. The molecule has 2 aromatic heterocycles. The molecule has 0 aliphatic heterocycles. The van der Waals surface area contributed by atoms with Crippen molar-refractivity contribution in [3.05, 3.63) is 53.0 Å². The first-order valence-electron chi connectivity index (χ1n) is 8.29. The largest absolute Gasteiger partial charge is 0.496 e. The lowest BCUT2D eigenvalue weighted by molar-refractivity contribution is 0.354. The molecule has 0 unspecified atom stereocenters. The van der Waals surface area contributed by atoms with Crippen molar-refractivity contribution in [3.63, 3.8) is 0 Å². The van der Waals surface area contributed by atoms with Gasteiger partial charge in [0.25, 0.3) is 0 Å². The number of nitrogens with zero attached hydrogens (tertiary/aromatic N) is 4. The van der Waals surface area contributed by atoms with Gasteiger partial charge in [0.2, 0.25) is 4.96 Å². The summed E-state index contributed by atoms with van der Waals surface area (Å²) in [6.45, 7) is 0. The summed E-state index contributed by atoms with van der Waals surface area (Å²) < 4.78 is 17.9. The number of hydrogen-bond acceptors (Lipinski definition) is 7. The van der Waals surface area contributed by atoms with Gasteiger partial charge in [0.15, 0.2) is 17.3 Å². The first-order chi connectivity index (χ1) is 13.2. The van der Waals surface area contributed by atoms with E-state index in [1.54, 1.807) is 25.8 Å². The minimum atomic E-state index is 0.664. The molecular weight excluding hydrogens is 364 g/mol. The van der Waals surface area contributed by atoms with Gasteiger partial charge in [-0.2, -0.15) is 9.61 Å². The number of ether oxygens (including phenoxy) is 3. The highest BCUT2D eigenvalue weighted by molar-refractivity contribution is 7.16. The summed E-state index contributed by atoms with van der Waals surface area (Å²) in [5.41, 5.74) is 1.94. The molecule has 2 heterocycles. The van der Waals surface area contributed by atoms with Crippen LogP contribution in [0.2, 0.25) is 0 Å². The van der Waals surface area contributed by atoms with E-state index in [1.165, 1.54) is 11.3 Å². The van der Waals surface area contributed by atoms with E-state index in [2.05, 4.69) is 10.2 Å². The van der Waals surface area contributed by atoms with Crippen molar-refractivity contribution in [2.75, 3.05) is 21.3 Å². The molecule has 0 N–H and O–H groups in total. The topological polar surface area (TPSA) is 70.8 Å².